The van der Waals surface area contributed by atoms with Gasteiger partial charge in [-0.05, 0) is 51.0 Å². The Morgan fingerprint density at radius 3 is 1.46 bits per heavy atom. The molecule has 0 rings (SSSR count). The van der Waals surface area contributed by atoms with Gasteiger partial charge in [0.2, 0.25) is 5.91 Å². The maximum atomic E-state index is 13.4. The first-order chi connectivity index (χ1) is 31.4. The summed E-state index contributed by atoms with van der Waals surface area (Å²) in [5.74, 6) is -0.553. The van der Waals surface area contributed by atoms with Crippen molar-refractivity contribution in [3.63, 3.8) is 0 Å². The van der Waals surface area contributed by atoms with Crippen LogP contribution in [0, 0.1) is 0 Å². The number of hydrogen-bond donors (Lipinski definition) is 1. The molecule has 9 nitrogen and oxygen atoms in total. The van der Waals surface area contributed by atoms with Gasteiger partial charge in [0.25, 0.3) is 7.82 Å². The monoisotopic (exact) mass is 935 g/mol. The van der Waals surface area contributed by atoms with E-state index in [4.69, 9.17) is 13.8 Å². The minimum absolute atomic E-state index is 0.0244. The van der Waals surface area contributed by atoms with Crippen LogP contribution in [0.15, 0.2) is 48.6 Å². The molecule has 0 saturated carbocycles. The zero-order valence-electron chi connectivity index (χ0n) is 43.2. The molecule has 380 valence electrons. The van der Waals surface area contributed by atoms with Gasteiger partial charge < -0.3 is 28.5 Å². The summed E-state index contributed by atoms with van der Waals surface area (Å²) in [5, 5.41) is 3.01. The highest BCUT2D eigenvalue weighted by atomic mass is 31.2. The van der Waals surface area contributed by atoms with E-state index in [1.807, 2.05) is 33.3 Å². The molecule has 0 spiro atoms. The predicted octanol–water partition coefficient (Wildman–Crippen LogP) is 15.1. The summed E-state index contributed by atoms with van der Waals surface area (Å²) >= 11 is 0. The van der Waals surface area contributed by atoms with E-state index in [-0.39, 0.29) is 24.9 Å². The first-order valence-electron chi connectivity index (χ1n) is 27.0. The number of nitrogens with zero attached hydrogens (tertiary/aromatic N) is 1. The maximum Gasteiger partial charge on any atom is 0.306 e. The first-order valence-corrected chi connectivity index (χ1v) is 28.4. The SMILES string of the molecule is CC/C=C/C=C/C=C/CCCCCCCCCC(=O)NC(COP(=O)([O-])OCC[N+](C)(C)C)C(/C=C/CCCCCCCCCCCCC)OC(=O)CCCCCCCCCCCCC. The van der Waals surface area contributed by atoms with Gasteiger partial charge in [0, 0.05) is 12.8 Å². The summed E-state index contributed by atoms with van der Waals surface area (Å²) in [6.45, 7) is 6.69. The number of hydrogen-bond acceptors (Lipinski definition) is 7. The number of nitrogens with one attached hydrogen (secondary N) is 1. The van der Waals surface area contributed by atoms with Gasteiger partial charge in [0.05, 0.1) is 33.8 Å². The van der Waals surface area contributed by atoms with E-state index >= 15 is 0 Å². The number of carbonyl (C=O) groups excluding carboxylic acids is 2. The number of quaternary nitrogens is 1. The molecular weight excluding hydrogens is 832 g/mol. The molecule has 0 aliphatic heterocycles. The minimum atomic E-state index is -4.69. The van der Waals surface area contributed by atoms with Crippen molar-refractivity contribution in [2.75, 3.05) is 40.9 Å². The Balaban J connectivity index is 5.42. The van der Waals surface area contributed by atoms with E-state index in [9.17, 15) is 19.0 Å². The van der Waals surface area contributed by atoms with Crippen molar-refractivity contribution in [1.82, 2.24) is 5.32 Å². The fraction of sp³-hybridized carbons (Fsp3) is 0.818. The van der Waals surface area contributed by atoms with E-state index < -0.39 is 26.6 Å². The fourth-order valence-corrected chi connectivity index (χ4v) is 8.36. The van der Waals surface area contributed by atoms with Crippen LogP contribution in [0.1, 0.15) is 239 Å². The molecule has 3 atom stereocenters. The van der Waals surface area contributed by atoms with Crippen molar-refractivity contribution < 1.29 is 37.3 Å². The Morgan fingerprint density at radius 1 is 0.554 bits per heavy atom. The molecule has 0 bridgehead atoms. The number of allylic oxidation sites excluding steroid dienone is 7. The average molecular weight is 935 g/mol. The number of carbonyl (C=O) groups is 2. The molecule has 0 aromatic rings. The highest BCUT2D eigenvalue weighted by molar-refractivity contribution is 7.45. The lowest BCUT2D eigenvalue weighted by molar-refractivity contribution is -0.870. The number of unbranched alkanes of at least 4 members (excludes halogenated alkanes) is 28. The fourth-order valence-electron chi connectivity index (χ4n) is 7.64. The molecule has 10 heteroatoms. The van der Waals surface area contributed by atoms with Crippen LogP contribution in [-0.2, 0) is 27.9 Å². The molecule has 0 radical (unpaired) electrons. The normalized spacial score (nSPS) is 14.3. The molecule has 0 heterocycles. The Bertz CT molecular complexity index is 1260. The van der Waals surface area contributed by atoms with Crippen molar-refractivity contribution in [2.45, 2.75) is 251 Å². The maximum absolute atomic E-state index is 13.4. The number of amides is 1. The van der Waals surface area contributed by atoms with E-state index in [1.165, 1.54) is 128 Å². The third-order valence-electron chi connectivity index (χ3n) is 11.8. The summed E-state index contributed by atoms with van der Waals surface area (Å²) in [5.41, 5.74) is 0. The lowest BCUT2D eigenvalue weighted by Gasteiger charge is -2.30. The molecule has 0 saturated heterocycles. The van der Waals surface area contributed by atoms with E-state index in [0.29, 0.717) is 17.4 Å². The van der Waals surface area contributed by atoms with Crippen molar-refractivity contribution >= 4 is 19.7 Å². The van der Waals surface area contributed by atoms with Gasteiger partial charge in [-0.3, -0.25) is 14.2 Å². The average Bonchev–Trinajstić information content (AvgIpc) is 3.26. The highest BCUT2D eigenvalue weighted by Gasteiger charge is 2.27. The third-order valence-corrected chi connectivity index (χ3v) is 12.8. The van der Waals surface area contributed by atoms with Gasteiger partial charge in [-0.1, -0.05) is 224 Å². The Labute approximate surface area is 401 Å². The van der Waals surface area contributed by atoms with Crippen molar-refractivity contribution in [3.05, 3.63) is 48.6 Å². The molecular formula is C55H103N2O7P. The van der Waals surface area contributed by atoms with Gasteiger partial charge in [-0.25, -0.2) is 0 Å². The van der Waals surface area contributed by atoms with E-state index in [1.54, 1.807) is 0 Å². The summed E-state index contributed by atoms with van der Waals surface area (Å²) in [7, 11) is 1.18. The van der Waals surface area contributed by atoms with Crippen LogP contribution in [-0.4, -0.2) is 69.4 Å². The summed E-state index contributed by atoms with van der Waals surface area (Å²) < 4.78 is 30.1. The van der Waals surface area contributed by atoms with Crippen LogP contribution < -0.4 is 10.2 Å². The van der Waals surface area contributed by atoms with Crippen molar-refractivity contribution in [3.8, 4) is 0 Å². The van der Waals surface area contributed by atoms with Gasteiger partial charge in [0.1, 0.15) is 19.3 Å². The predicted molar refractivity (Wildman–Crippen MR) is 275 cm³/mol. The van der Waals surface area contributed by atoms with Crippen LogP contribution in [0.5, 0.6) is 0 Å². The summed E-state index contributed by atoms with van der Waals surface area (Å²) in [6.07, 6.45) is 53.5. The Morgan fingerprint density at radius 2 is 0.985 bits per heavy atom. The summed E-state index contributed by atoms with van der Waals surface area (Å²) in [6, 6.07) is -0.890. The molecule has 1 N–H and O–H groups in total. The molecule has 0 aliphatic rings. The molecule has 0 aromatic heterocycles. The lowest BCUT2D eigenvalue weighted by Crippen LogP contribution is -2.47. The van der Waals surface area contributed by atoms with Crippen LogP contribution in [0.25, 0.3) is 0 Å². The van der Waals surface area contributed by atoms with Gasteiger partial charge in [-0.15, -0.1) is 0 Å². The van der Waals surface area contributed by atoms with E-state index in [2.05, 4.69) is 62.5 Å². The molecule has 65 heavy (non-hydrogen) atoms. The van der Waals surface area contributed by atoms with Crippen molar-refractivity contribution in [2.24, 2.45) is 0 Å². The Hall–Kier alpha value is -2.03. The van der Waals surface area contributed by atoms with Crippen LogP contribution in [0.3, 0.4) is 0 Å². The standard InChI is InChI=1S/C55H103N2O7P/c1-7-10-13-16-19-22-25-27-28-30-33-35-38-41-44-47-54(58)56-52(51-63-65(60,61)62-50-49-57(4,5)6)53(46-43-40-37-34-32-29-26-23-20-17-14-11-8-2)64-55(59)48-45-42-39-36-31-24-21-18-15-12-9-3/h10,13,16,19,22,25,43,46,52-53H,7-9,11-12,14-15,17-18,20-21,23-24,26-42,44-45,47-51H2,1-6H3,(H-,56,58,60,61)/b13-10+,19-16+,25-22+,46-43+. The van der Waals surface area contributed by atoms with Gasteiger partial charge in [-0.2, -0.15) is 0 Å². The third kappa shape index (κ3) is 46.9. The quantitative estimate of drug-likeness (QED) is 0.0161. The highest BCUT2D eigenvalue weighted by Crippen LogP contribution is 2.38. The number of phosphoric acid groups is 1. The van der Waals surface area contributed by atoms with E-state index in [0.717, 1.165) is 77.0 Å². The lowest BCUT2D eigenvalue weighted by atomic mass is 10.0. The zero-order chi connectivity index (χ0) is 48.0. The van der Waals surface area contributed by atoms with Crippen molar-refractivity contribution in [1.29, 1.82) is 0 Å². The second-order valence-electron chi connectivity index (χ2n) is 19.4. The van der Waals surface area contributed by atoms with Crippen LogP contribution in [0.4, 0.5) is 0 Å². The van der Waals surface area contributed by atoms with Crippen LogP contribution in [0.2, 0.25) is 0 Å². The number of ether oxygens (including phenoxy) is 1. The zero-order valence-corrected chi connectivity index (χ0v) is 44.1. The van der Waals surface area contributed by atoms with Gasteiger partial charge in [0.15, 0.2) is 0 Å². The first kappa shape index (κ1) is 63.0. The molecule has 0 aliphatic carbocycles. The number of esters is 1. The smallest absolute Gasteiger partial charge is 0.306 e. The molecule has 0 aromatic carbocycles. The van der Waals surface area contributed by atoms with Gasteiger partial charge >= 0.3 is 5.97 Å². The summed E-state index contributed by atoms with van der Waals surface area (Å²) in [4.78, 5) is 39.7. The number of likely N-dealkylation sites (N-methyl/N-ethyl adjacent to an activating group) is 1. The second-order valence-corrected chi connectivity index (χ2v) is 20.8. The molecule has 3 unspecified atom stereocenters. The largest absolute Gasteiger partial charge is 0.756 e. The van der Waals surface area contributed by atoms with Crippen LogP contribution >= 0.6 is 7.82 Å². The molecule has 0 fully saturated rings. The number of rotatable bonds is 48. The minimum Gasteiger partial charge on any atom is -0.756 e. The molecule has 1 amide bonds. The topological polar surface area (TPSA) is 114 Å². The second kappa shape index (κ2) is 45.7. The number of phosphoric ester groups is 1. The Kier molecular flexibility index (Phi) is 44.3.